The van der Waals surface area contributed by atoms with Crippen molar-refractivity contribution in [2.75, 3.05) is 24.7 Å². The van der Waals surface area contributed by atoms with E-state index in [4.69, 9.17) is 5.11 Å². The minimum atomic E-state index is -0.0764. The molecule has 1 aromatic rings. The van der Waals surface area contributed by atoms with Crippen LogP contribution in [0.25, 0.3) is 0 Å². The van der Waals surface area contributed by atoms with Crippen molar-refractivity contribution < 1.29 is 9.90 Å². The summed E-state index contributed by atoms with van der Waals surface area (Å²) in [5.41, 5.74) is 2.79. The van der Waals surface area contributed by atoms with Crippen LogP contribution in [0.15, 0.2) is 29.4 Å². The molecule has 114 valence electrons. The molecule has 1 aliphatic heterocycles. The first-order valence-electron chi connectivity index (χ1n) is 7.41. The number of aliphatic hydroxyl groups excluding tert-OH is 1. The molecule has 1 heterocycles. The first-order chi connectivity index (χ1) is 10.1. The predicted molar refractivity (Wildman–Crippen MR) is 84.7 cm³/mol. The summed E-state index contributed by atoms with van der Waals surface area (Å²) in [7, 11) is 0. The fourth-order valence-electron chi connectivity index (χ4n) is 2.24. The van der Waals surface area contributed by atoms with E-state index in [1.165, 1.54) is 0 Å². The molecule has 1 amide bonds. The van der Waals surface area contributed by atoms with Gasteiger partial charge in [0.25, 0.3) is 5.91 Å². The standard InChI is InChI=1S/C16H23N3O2/c1-12(8-10-20)11-17-16(21)14-3-5-15(6-4-14)19-9-7-13(2)18-19/h3-6,12,20H,7-11H2,1-2H3,(H,17,21). The molecule has 5 nitrogen and oxygen atoms in total. The van der Waals surface area contributed by atoms with E-state index in [0.717, 1.165) is 24.4 Å². The lowest BCUT2D eigenvalue weighted by Gasteiger charge is -2.14. The molecule has 21 heavy (non-hydrogen) atoms. The lowest BCUT2D eigenvalue weighted by atomic mass is 10.1. The molecule has 1 atom stereocenters. The maximum Gasteiger partial charge on any atom is 0.251 e. The Morgan fingerprint density at radius 1 is 1.43 bits per heavy atom. The van der Waals surface area contributed by atoms with Gasteiger partial charge < -0.3 is 10.4 Å². The highest BCUT2D eigenvalue weighted by Crippen LogP contribution is 2.19. The average molecular weight is 289 g/mol. The summed E-state index contributed by atoms with van der Waals surface area (Å²) in [6.45, 7) is 5.66. The van der Waals surface area contributed by atoms with E-state index in [2.05, 4.69) is 10.4 Å². The Balaban J connectivity index is 1.91. The Hall–Kier alpha value is -1.88. The molecule has 2 N–H and O–H groups in total. The van der Waals surface area contributed by atoms with Gasteiger partial charge in [0.2, 0.25) is 0 Å². The highest BCUT2D eigenvalue weighted by Gasteiger charge is 2.13. The van der Waals surface area contributed by atoms with Crippen molar-refractivity contribution in [1.82, 2.24) is 5.32 Å². The quantitative estimate of drug-likeness (QED) is 0.842. The molecule has 0 saturated carbocycles. The van der Waals surface area contributed by atoms with Crippen LogP contribution in [-0.2, 0) is 0 Å². The first-order valence-corrected chi connectivity index (χ1v) is 7.41. The Bertz CT molecular complexity index is 511. The molecule has 0 bridgehead atoms. The number of hydrogen-bond donors (Lipinski definition) is 2. The maximum atomic E-state index is 12.0. The van der Waals surface area contributed by atoms with Crippen molar-refractivity contribution in [2.45, 2.75) is 26.7 Å². The lowest BCUT2D eigenvalue weighted by molar-refractivity contribution is 0.0945. The monoisotopic (exact) mass is 289 g/mol. The van der Waals surface area contributed by atoms with Crippen molar-refractivity contribution in [3.63, 3.8) is 0 Å². The zero-order chi connectivity index (χ0) is 15.2. The zero-order valence-corrected chi connectivity index (χ0v) is 12.7. The van der Waals surface area contributed by atoms with Crippen LogP contribution >= 0.6 is 0 Å². The van der Waals surface area contributed by atoms with Gasteiger partial charge in [0, 0.05) is 37.4 Å². The number of aliphatic hydroxyl groups is 1. The molecular weight excluding hydrogens is 266 g/mol. The van der Waals surface area contributed by atoms with Gasteiger partial charge in [-0.25, -0.2) is 0 Å². The minimum Gasteiger partial charge on any atom is -0.396 e. The number of hydrazone groups is 1. The van der Waals surface area contributed by atoms with Gasteiger partial charge in [-0.2, -0.15) is 5.10 Å². The van der Waals surface area contributed by atoms with Gasteiger partial charge >= 0.3 is 0 Å². The van der Waals surface area contributed by atoms with Gasteiger partial charge in [0.05, 0.1) is 5.69 Å². The van der Waals surface area contributed by atoms with E-state index in [0.29, 0.717) is 18.5 Å². The fraction of sp³-hybridized carbons (Fsp3) is 0.500. The Labute approximate surface area is 125 Å². The van der Waals surface area contributed by atoms with Crippen molar-refractivity contribution in [1.29, 1.82) is 0 Å². The summed E-state index contributed by atoms with van der Waals surface area (Å²) in [4.78, 5) is 12.0. The number of hydrogen-bond acceptors (Lipinski definition) is 4. The molecule has 1 aromatic carbocycles. The number of nitrogens with one attached hydrogen (secondary N) is 1. The second kappa shape index (κ2) is 7.22. The number of carbonyl (C=O) groups is 1. The Morgan fingerprint density at radius 3 is 2.71 bits per heavy atom. The van der Waals surface area contributed by atoms with Crippen LogP contribution in [-0.4, -0.2) is 36.4 Å². The van der Waals surface area contributed by atoms with Crippen LogP contribution in [0.4, 0.5) is 5.69 Å². The summed E-state index contributed by atoms with van der Waals surface area (Å²) >= 11 is 0. The van der Waals surface area contributed by atoms with Crippen molar-refractivity contribution in [3.8, 4) is 0 Å². The van der Waals surface area contributed by atoms with E-state index in [9.17, 15) is 4.79 Å². The summed E-state index contributed by atoms with van der Waals surface area (Å²) in [6, 6.07) is 7.50. The topological polar surface area (TPSA) is 64.9 Å². The van der Waals surface area contributed by atoms with E-state index in [1.54, 1.807) is 0 Å². The molecule has 0 spiro atoms. The van der Waals surface area contributed by atoms with Gasteiger partial charge in [-0.15, -0.1) is 0 Å². The van der Waals surface area contributed by atoms with Gasteiger partial charge in [0.15, 0.2) is 0 Å². The predicted octanol–water partition coefficient (Wildman–Crippen LogP) is 2.02. The highest BCUT2D eigenvalue weighted by atomic mass is 16.3. The Morgan fingerprint density at radius 2 is 2.14 bits per heavy atom. The minimum absolute atomic E-state index is 0.0764. The Kier molecular flexibility index (Phi) is 5.33. The SMILES string of the molecule is CC1=NN(c2ccc(C(=O)NCC(C)CCO)cc2)CC1. The lowest BCUT2D eigenvalue weighted by Crippen LogP contribution is -2.28. The number of amides is 1. The third-order valence-corrected chi connectivity index (χ3v) is 3.64. The smallest absolute Gasteiger partial charge is 0.251 e. The van der Waals surface area contributed by atoms with E-state index < -0.39 is 0 Å². The molecule has 0 saturated heterocycles. The largest absolute Gasteiger partial charge is 0.396 e. The van der Waals surface area contributed by atoms with E-state index in [1.807, 2.05) is 43.1 Å². The van der Waals surface area contributed by atoms with Crippen LogP contribution in [0.3, 0.4) is 0 Å². The van der Waals surface area contributed by atoms with Crippen LogP contribution in [0, 0.1) is 5.92 Å². The second-order valence-corrected chi connectivity index (χ2v) is 5.58. The third-order valence-electron chi connectivity index (χ3n) is 3.64. The van der Waals surface area contributed by atoms with Crippen LogP contribution in [0.1, 0.15) is 37.0 Å². The summed E-state index contributed by atoms with van der Waals surface area (Å²) in [6.07, 6.45) is 1.69. The molecule has 0 radical (unpaired) electrons. The van der Waals surface area contributed by atoms with Crippen LogP contribution in [0.2, 0.25) is 0 Å². The number of nitrogens with zero attached hydrogens (tertiary/aromatic N) is 2. The first kappa shape index (κ1) is 15.5. The summed E-state index contributed by atoms with van der Waals surface area (Å²) < 4.78 is 0. The summed E-state index contributed by atoms with van der Waals surface area (Å²) in [5, 5.41) is 18.1. The molecule has 1 aliphatic rings. The normalized spacial score (nSPS) is 15.8. The summed E-state index contributed by atoms with van der Waals surface area (Å²) in [5.74, 6) is 0.201. The maximum absolute atomic E-state index is 12.0. The molecule has 1 unspecified atom stereocenters. The molecule has 5 heteroatoms. The van der Waals surface area contributed by atoms with Crippen LogP contribution < -0.4 is 10.3 Å². The van der Waals surface area contributed by atoms with Crippen molar-refractivity contribution >= 4 is 17.3 Å². The van der Waals surface area contributed by atoms with E-state index >= 15 is 0 Å². The molecular formula is C16H23N3O2. The molecule has 0 aromatic heterocycles. The number of benzene rings is 1. The second-order valence-electron chi connectivity index (χ2n) is 5.58. The molecule has 0 fully saturated rings. The fourth-order valence-corrected chi connectivity index (χ4v) is 2.24. The van der Waals surface area contributed by atoms with Gasteiger partial charge in [-0.3, -0.25) is 9.80 Å². The number of rotatable bonds is 6. The van der Waals surface area contributed by atoms with Crippen molar-refractivity contribution in [2.24, 2.45) is 11.0 Å². The van der Waals surface area contributed by atoms with Crippen LogP contribution in [0.5, 0.6) is 0 Å². The third kappa shape index (κ3) is 4.29. The average Bonchev–Trinajstić information content (AvgIpc) is 2.92. The van der Waals surface area contributed by atoms with Gasteiger partial charge in [-0.05, 0) is 43.5 Å². The van der Waals surface area contributed by atoms with Crippen molar-refractivity contribution in [3.05, 3.63) is 29.8 Å². The van der Waals surface area contributed by atoms with Gasteiger partial charge in [-0.1, -0.05) is 6.92 Å². The zero-order valence-electron chi connectivity index (χ0n) is 12.7. The highest BCUT2D eigenvalue weighted by molar-refractivity contribution is 5.94. The number of carbonyl (C=O) groups excluding carboxylic acids is 1. The molecule has 0 aliphatic carbocycles. The van der Waals surface area contributed by atoms with E-state index in [-0.39, 0.29) is 18.4 Å². The number of anilines is 1. The molecule has 2 rings (SSSR count). The van der Waals surface area contributed by atoms with Gasteiger partial charge in [0.1, 0.15) is 0 Å².